The second-order valence-electron chi connectivity index (χ2n) is 8.91. The van der Waals surface area contributed by atoms with Gasteiger partial charge in [-0.25, -0.2) is 0 Å². The summed E-state index contributed by atoms with van der Waals surface area (Å²) >= 11 is 3.50. The molecule has 1 atom stereocenters. The van der Waals surface area contributed by atoms with Crippen molar-refractivity contribution in [3.8, 4) is 11.5 Å². The third kappa shape index (κ3) is 4.15. The summed E-state index contributed by atoms with van der Waals surface area (Å²) in [7, 11) is 1.57. The third-order valence-corrected chi connectivity index (χ3v) is 7.10. The van der Waals surface area contributed by atoms with E-state index >= 15 is 0 Å². The summed E-state index contributed by atoms with van der Waals surface area (Å²) in [6, 6.07) is 29.0. The average Bonchev–Trinajstić information content (AvgIpc) is 3.24. The Morgan fingerprint density at radius 3 is 2.45 bits per heavy atom. The maximum atomic E-state index is 13.8. The SMILES string of the molecule is COc1cc(C2c3c(oc4ccccc4c3=O)C(=O)N2c2cccc(Br)c2)ccc1OCc1ccccc1. The van der Waals surface area contributed by atoms with Gasteiger partial charge in [0.15, 0.2) is 16.9 Å². The number of amides is 1. The zero-order valence-electron chi connectivity index (χ0n) is 20.4. The van der Waals surface area contributed by atoms with Gasteiger partial charge in [-0.15, -0.1) is 0 Å². The van der Waals surface area contributed by atoms with Crippen LogP contribution in [-0.4, -0.2) is 13.0 Å². The molecule has 0 bridgehead atoms. The largest absolute Gasteiger partial charge is 0.493 e. The van der Waals surface area contributed by atoms with Crippen LogP contribution >= 0.6 is 15.9 Å². The fraction of sp³-hybridized carbons (Fsp3) is 0.0968. The van der Waals surface area contributed by atoms with Gasteiger partial charge in [-0.1, -0.05) is 70.5 Å². The molecule has 4 aromatic carbocycles. The van der Waals surface area contributed by atoms with Crippen LogP contribution < -0.4 is 19.8 Å². The number of halogens is 1. The van der Waals surface area contributed by atoms with Crippen molar-refractivity contribution < 1.29 is 18.7 Å². The fourth-order valence-corrected chi connectivity index (χ4v) is 5.22. The van der Waals surface area contributed by atoms with E-state index in [1.807, 2.05) is 66.7 Å². The van der Waals surface area contributed by atoms with Gasteiger partial charge in [0.05, 0.1) is 24.1 Å². The van der Waals surface area contributed by atoms with Crippen molar-refractivity contribution in [2.24, 2.45) is 0 Å². The zero-order valence-corrected chi connectivity index (χ0v) is 22.0. The minimum Gasteiger partial charge on any atom is -0.493 e. The van der Waals surface area contributed by atoms with Crippen molar-refractivity contribution in [2.45, 2.75) is 12.6 Å². The second-order valence-corrected chi connectivity index (χ2v) is 9.83. The molecule has 7 heteroatoms. The van der Waals surface area contributed by atoms with Crippen LogP contribution in [0.2, 0.25) is 0 Å². The van der Waals surface area contributed by atoms with Crippen LogP contribution in [0, 0.1) is 0 Å². The summed E-state index contributed by atoms with van der Waals surface area (Å²) in [4.78, 5) is 29.2. The molecule has 0 fully saturated rings. The molecule has 1 aliphatic rings. The molecular weight excluding hydrogens is 546 g/mol. The van der Waals surface area contributed by atoms with E-state index in [0.29, 0.717) is 45.9 Å². The molecule has 0 N–H and O–H groups in total. The first-order valence-electron chi connectivity index (χ1n) is 12.0. The first-order valence-corrected chi connectivity index (χ1v) is 12.8. The van der Waals surface area contributed by atoms with Gasteiger partial charge in [0, 0.05) is 10.2 Å². The van der Waals surface area contributed by atoms with Gasteiger partial charge in [0.25, 0.3) is 5.91 Å². The first-order chi connectivity index (χ1) is 18.5. The number of carbonyl (C=O) groups excluding carboxylic acids is 1. The minimum atomic E-state index is -0.718. The Hall–Kier alpha value is -4.36. The molecule has 0 spiro atoms. The van der Waals surface area contributed by atoms with E-state index < -0.39 is 6.04 Å². The molecule has 0 saturated heterocycles. The van der Waals surface area contributed by atoms with Gasteiger partial charge >= 0.3 is 0 Å². The van der Waals surface area contributed by atoms with E-state index in [2.05, 4.69) is 15.9 Å². The average molecular weight is 568 g/mol. The lowest BCUT2D eigenvalue weighted by Gasteiger charge is -2.26. The third-order valence-electron chi connectivity index (χ3n) is 6.60. The molecule has 0 radical (unpaired) electrons. The summed E-state index contributed by atoms with van der Waals surface area (Å²) in [5, 5.41) is 0.426. The van der Waals surface area contributed by atoms with Crippen LogP contribution in [0.3, 0.4) is 0 Å². The zero-order chi connectivity index (χ0) is 26.2. The lowest BCUT2D eigenvalue weighted by Crippen LogP contribution is -2.29. The fourth-order valence-electron chi connectivity index (χ4n) is 4.84. The van der Waals surface area contributed by atoms with Crippen molar-refractivity contribution in [1.82, 2.24) is 0 Å². The number of benzene rings is 4. The van der Waals surface area contributed by atoms with E-state index in [9.17, 15) is 9.59 Å². The quantitative estimate of drug-likeness (QED) is 0.223. The normalized spacial score (nSPS) is 14.5. The number of nitrogens with zero attached hydrogens (tertiary/aromatic N) is 1. The first kappa shape index (κ1) is 24.0. The maximum absolute atomic E-state index is 13.8. The molecule has 6 rings (SSSR count). The van der Waals surface area contributed by atoms with E-state index in [-0.39, 0.29) is 17.1 Å². The molecule has 38 heavy (non-hydrogen) atoms. The molecule has 5 aromatic rings. The number of para-hydroxylation sites is 1. The topological polar surface area (TPSA) is 69.0 Å². The highest BCUT2D eigenvalue weighted by Crippen LogP contribution is 2.43. The number of hydrogen-bond acceptors (Lipinski definition) is 5. The smallest absolute Gasteiger partial charge is 0.295 e. The van der Waals surface area contributed by atoms with Gasteiger partial charge in [0.2, 0.25) is 5.76 Å². The highest BCUT2D eigenvalue weighted by atomic mass is 79.9. The van der Waals surface area contributed by atoms with E-state index in [1.54, 1.807) is 42.3 Å². The Labute approximate surface area is 227 Å². The molecule has 1 amide bonds. The van der Waals surface area contributed by atoms with Crippen LogP contribution in [0.15, 0.2) is 111 Å². The summed E-state index contributed by atoms with van der Waals surface area (Å²) in [6.45, 7) is 0.376. The van der Waals surface area contributed by atoms with Crippen molar-refractivity contribution in [1.29, 1.82) is 0 Å². The van der Waals surface area contributed by atoms with Crippen molar-refractivity contribution >= 4 is 38.5 Å². The monoisotopic (exact) mass is 567 g/mol. The van der Waals surface area contributed by atoms with Gasteiger partial charge < -0.3 is 13.9 Å². The molecule has 2 heterocycles. The minimum absolute atomic E-state index is 0.0436. The predicted octanol–water partition coefficient (Wildman–Crippen LogP) is 6.89. The van der Waals surface area contributed by atoms with Gasteiger partial charge in [-0.2, -0.15) is 0 Å². The standard InChI is InChI=1S/C31H22BrNO5/c1-36-26-16-20(14-15-25(26)37-18-19-8-3-2-4-9-19)28-27-29(34)23-12-5-6-13-24(23)38-30(27)31(35)33(28)22-11-7-10-21(32)17-22/h2-17,28H,18H2,1H3. The number of rotatable bonds is 6. The Kier molecular flexibility index (Phi) is 6.21. The van der Waals surface area contributed by atoms with Crippen molar-refractivity contribution in [3.05, 3.63) is 134 Å². The summed E-state index contributed by atoms with van der Waals surface area (Å²) in [6.07, 6.45) is 0. The molecule has 6 nitrogen and oxygen atoms in total. The number of ether oxygens (including phenoxy) is 2. The molecule has 1 aromatic heterocycles. The molecule has 1 aliphatic heterocycles. The van der Waals surface area contributed by atoms with Crippen molar-refractivity contribution in [3.63, 3.8) is 0 Å². The summed E-state index contributed by atoms with van der Waals surface area (Å²) in [5.41, 5.74) is 2.80. The summed E-state index contributed by atoms with van der Waals surface area (Å²) < 4.78 is 18.6. The highest BCUT2D eigenvalue weighted by Gasteiger charge is 2.44. The Morgan fingerprint density at radius 2 is 1.66 bits per heavy atom. The number of carbonyl (C=O) groups is 1. The number of hydrogen-bond donors (Lipinski definition) is 0. The van der Waals surface area contributed by atoms with E-state index in [1.165, 1.54) is 0 Å². The lowest BCUT2D eigenvalue weighted by molar-refractivity contribution is 0.0971. The Morgan fingerprint density at radius 1 is 0.868 bits per heavy atom. The molecule has 0 aliphatic carbocycles. The Balaban J connectivity index is 1.49. The second kappa shape index (κ2) is 9.84. The predicted molar refractivity (Wildman–Crippen MR) is 149 cm³/mol. The maximum Gasteiger partial charge on any atom is 0.295 e. The van der Waals surface area contributed by atoms with E-state index in [0.717, 1.165) is 10.0 Å². The highest BCUT2D eigenvalue weighted by molar-refractivity contribution is 9.10. The Bertz CT molecular complexity index is 1730. The van der Waals surface area contributed by atoms with Crippen molar-refractivity contribution in [2.75, 3.05) is 12.0 Å². The molecule has 188 valence electrons. The number of methoxy groups -OCH3 is 1. The molecule has 1 unspecified atom stereocenters. The van der Waals surface area contributed by atoms with Gasteiger partial charge in [-0.05, 0) is 53.6 Å². The van der Waals surface area contributed by atoms with Gasteiger partial charge in [-0.3, -0.25) is 14.5 Å². The van der Waals surface area contributed by atoms with Crippen LogP contribution in [0.25, 0.3) is 11.0 Å². The number of fused-ring (bicyclic) bond motifs is 2. The van der Waals surface area contributed by atoms with Gasteiger partial charge in [0.1, 0.15) is 12.2 Å². The lowest BCUT2D eigenvalue weighted by atomic mass is 9.97. The van der Waals surface area contributed by atoms with Crippen LogP contribution in [0.4, 0.5) is 5.69 Å². The molecule has 0 saturated carbocycles. The summed E-state index contributed by atoms with van der Waals surface area (Å²) in [5.74, 6) is 0.722. The number of anilines is 1. The van der Waals surface area contributed by atoms with Crippen LogP contribution in [-0.2, 0) is 6.61 Å². The van der Waals surface area contributed by atoms with Crippen LogP contribution in [0.1, 0.15) is 33.3 Å². The van der Waals surface area contributed by atoms with E-state index in [4.69, 9.17) is 13.9 Å². The molecular formula is C31H22BrNO5. The van der Waals surface area contributed by atoms with Crippen LogP contribution in [0.5, 0.6) is 11.5 Å².